The standard InChI is InChI=1S/C17H12BrN/c18-14-10-11-19-17(12-14)16-9-5-4-8-15(16)13-6-2-1-3-7-13/h1-12H. The summed E-state index contributed by atoms with van der Waals surface area (Å²) in [5.74, 6) is 0. The maximum absolute atomic E-state index is 4.47. The summed E-state index contributed by atoms with van der Waals surface area (Å²) in [5.41, 5.74) is 4.54. The van der Waals surface area contributed by atoms with Crippen LogP contribution in [0.5, 0.6) is 0 Å². The van der Waals surface area contributed by atoms with Crippen LogP contribution in [0.3, 0.4) is 0 Å². The second-order valence-electron chi connectivity index (χ2n) is 4.27. The van der Waals surface area contributed by atoms with Crippen LogP contribution in [0.1, 0.15) is 0 Å². The number of aromatic nitrogens is 1. The van der Waals surface area contributed by atoms with E-state index < -0.39 is 0 Å². The highest BCUT2D eigenvalue weighted by Crippen LogP contribution is 2.31. The van der Waals surface area contributed by atoms with Gasteiger partial charge in [-0.2, -0.15) is 0 Å². The number of hydrogen-bond donors (Lipinski definition) is 0. The lowest BCUT2D eigenvalue weighted by Gasteiger charge is -2.09. The third-order valence-corrected chi connectivity index (χ3v) is 3.50. The quantitative estimate of drug-likeness (QED) is 0.635. The Morgan fingerprint density at radius 3 is 2.16 bits per heavy atom. The maximum atomic E-state index is 4.47. The van der Waals surface area contributed by atoms with E-state index >= 15 is 0 Å². The van der Waals surface area contributed by atoms with Gasteiger partial charge in [0, 0.05) is 16.2 Å². The molecule has 0 bridgehead atoms. The van der Waals surface area contributed by atoms with Gasteiger partial charge in [0.25, 0.3) is 0 Å². The fourth-order valence-electron chi connectivity index (χ4n) is 2.13. The molecule has 2 heteroatoms. The molecule has 0 amide bonds. The first-order valence-electron chi connectivity index (χ1n) is 6.11. The zero-order chi connectivity index (χ0) is 13.1. The lowest BCUT2D eigenvalue weighted by molar-refractivity contribution is 1.31. The molecule has 0 aliphatic heterocycles. The zero-order valence-corrected chi connectivity index (χ0v) is 11.8. The average molecular weight is 310 g/mol. The lowest BCUT2D eigenvalue weighted by atomic mass is 9.97. The Kier molecular flexibility index (Phi) is 3.43. The molecule has 0 N–H and O–H groups in total. The van der Waals surface area contributed by atoms with Gasteiger partial charge in [-0.15, -0.1) is 0 Å². The Labute approximate surface area is 121 Å². The molecule has 0 saturated carbocycles. The number of nitrogens with zero attached hydrogens (tertiary/aromatic N) is 1. The van der Waals surface area contributed by atoms with E-state index in [2.05, 4.69) is 63.4 Å². The van der Waals surface area contributed by atoms with Crippen LogP contribution in [-0.4, -0.2) is 4.98 Å². The predicted molar refractivity (Wildman–Crippen MR) is 82.8 cm³/mol. The molecule has 0 aliphatic carbocycles. The smallest absolute Gasteiger partial charge is 0.0719 e. The lowest BCUT2D eigenvalue weighted by Crippen LogP contribution is -1.87. The maximum Gasteiger partial charge on any atom is 0.0719 e. The molecule has 0 fully saturated rings. The van der Waals surface area contributed by atoms with E-state index in [1.165, 1.54) is 11.1 Å². The van der Waals surface area contributed by atoms with Crippen LogP contribution in [-0.2, 0) is 0 Å². The summed E-state index contributed by atoms with van der Waals surface area (Å²) in [6.07, 6.45) is 1.82. The Bertz CT molecular complexity index is 692. The first-order valence-corrected chi connectivity index (χ1v) is 6.90. The number of benzene rings is 2. The van der Waals surface area contributed by atoms with E-state index in [0.29, 0.717) is 0 Å². The summed E-state index contributed by atoms with van der Waals surface area (Å²) >= 11 is 3.50. The van der Waals surface area contributed by atoms with E-state index in [1.54, 1.807) is 0 Å². The van der Waals surface area contributed by atoms with Crippen LogP contribution >= 0.6 is 15.9 Å². The minimum absolute atomic E-state index is 0.980. The van der Waals surface area contributed by atoms with Gasteiger partial charge in [0.2, 0.25) is 0 Å². The second kappa shape index (κ2) is 5.37. The van der Waals surface area contributed by atoms with E-state index in [0.717, 1.165) is 15.7 Å². The number of hydrogen-bond acceptors (Lipinski definition) is 1. The van der Waals surface area contributed by atoms with Gasteiger partial charge in [-0.1, -0.05) is 70.5 Å². The molecule has 1 heterocycles. The molecule has 1 aromatic heterocycles. The van der Waals surface area contributed by atoms with Crippen molar-refractivity contribution >= 4 is 15.9 Å². The van der Waals surface area contributed by atoms with Crippen molar-refractivity contribution in [3.05, 3.63) is 77.4 Å². The van der Waals surface area contributed by atoms with E-state index in [-0.39, 0.29) is 0 Å². The summed E-state index contributed by atoms with van der Waals surface area (Å²) in [4.78, 5) is 4.47. The van der Waals surface area contributed by atoms with Gasteiger partial charge in [-0.05, 0) is 23.3 Å². The highest BCUT2D eigenvalue weighted by atomic mass is 79.9. The van der Waals surface area contributed by atoms with Crippen molar-refractivity contribution in [3.8, 4) is 22.4 Å². The van der Waals surface area contributed by atoms with E-state index in [4.69, 9.17) is 0 Å². The van der Waals surface area contributed by atoms with Crippen molar-refractivity contribution in [2.75, 3.05) is 0 Å². The van der Waals surface area contributed by atoms with Crippen molar-refractivity contribution in [1.82, 2.24) is 4.98 Å². The Hall–Kier alpha value is -1.93. The van der Waals surface area contributed by atoms with Gasteiger partial charge in [0.15, 0.2) is 0 Å². The van der Waals surface area contributed by atoms with Gasteiger partial charge < -0.3 is 0 Å². The number of rotatable bonds is 2. The van der Waals surface area contributed by atoms with Crippen LogP contribution < -0.4 is 0 Å². The minimum Gasteiger partial charge on any atom is -0.256 e. The Morgan fingerprint density at radius 2 is 1.42 bits per heavy atom. The van der Waals surface area contributed by atoms with Crippen molar-refractivity contribution < 1.29 is 0 Å². The van der Waals surface area contributed by atoms with Crippen LogP contribution in [0.2, 0.25) is 0 Å². The molecule has 0 saturated heterocycles. The molecule has 3 aromatic rings. The molecular weight excluding hydrogens is 298 g/mol. The van der Waals surface area contributed by atoms with Crippen LogP contribution in [0.15, 0.2) is 77.4 Å². The summed E-state index contributed by atoms with van der Waals surface area (Å²) in [6, 6.07) is 22.7. The normalized spacial score (nSPS) is 10.4. The third kappa shape index (κ3) is 2.59. The Morgan fingerprint density at radius 1 is 0.737 bits per heavy atom. The predicted octanol–water partition coefficient (Wildman–Crippen LogP) is 5.18. The molecule has 2 aromatic carbocycles. The van der Waals surface area contributed by atoms with Crippen molar-refractivity contribution in [2.24, 2.45) is 0 Å². The molecule has 0 spiro atoms. The first-order chi connectivity index (χ1) is 9.34. The Balaban J connectivity index is 2.18. The van der Waals surface area contributed by atoms with Crippen LogP contribution in [0, 0.1) is 0 Å². The molecule has 0 aliphatic rings. The monoisotopic (exact) mass is 309 g/mol. The largest absolute Gasteiger partial charge is 0.256 e. The summed E-state index contributed by atoms with van der Waals surface area (Å²) < 4.78 is 1.04. The average Bonchev–Trinajstić information content (AvgIpc) is 2.48. The summed E-state index contributed by atoms with van der Waals surface area (Å²) in [5, 5.41) is 0. The topological polar surface area (TPSA) is 12.9 Å². The SMILES string of the molecule is Brc1ccnc(-c2ccccc2-c2ccccc2)c1. The van der Waals surface area contributed by atoms with Gasteiger partial charge in [-0.25, -0.2) is 0 Å². The molecular formula is C17H12BrN. The summed E-state index contributed by atoms with van der Waals surface area (Å²) in [6.45, 7) is 0. The fourth-order valence-corrected chi connectivity index (χ4v) is 2.46. The van der Waals surface area contributed by atoms with Crippen molar-refractivity contribution in [2.45, 2.75) is 0 Å². The molecule has 3 rings (SSSR count). The van der Waals surface area contributed by atoms with E-state index in [1.807, 2.05) is 30.5 Å². The molecule has 0 unspecified atom stereocenters. The highest BCUT2D eigenvalue weighted by Gasteiger charge is 2.07. The molecule has 19 heavy (non-hydrogen) atoms. The zero-order valence-electron chi connectivity index (χ0n) is 10.3. The third-order valence-electron chi connectivity index (χ3n) is 3.01. The van der Waals surface area contributed by atoms with Crippen molar-refractivity contribution in [3.63, 3.8) is 0 Å². The van der Waals surface area contributed by atoms with Gasteiger partial charge >= 0.3 is 0 Å². The van der Waals surface area contributed by atoms with Gasteiger partial charge in [0.1, 0.15) is 0 Å². The van der Waals surface area contributed by atoms with Crippen LogP contribution in [0.25, 0.3) is 22.4 Å². The summed E-state index contributed by atoms with van der Waals surface area (Å²) in [7, 11) is 0. The fraction of sp³-hybridized carbons (Fsp3) is 0. The first kappa shape index (κ1) is 12.1. The molecule has 0 radical (unpaired) electrons. The van der Waals surface area contributed by atoms with Gasteiger partial charge in [-0.3, -0.25) is 4.98 Å². The minimum atomic E-state index is 0.980. The van der Waals surface area contributed by atoms with E-state index in [9.17, 15) is 0 Å². The van der Waals surface area contributed by atoms with Crippen LogP contribution in [0.4, 0.5) is 0 Å². The molecule has 1 nitrogen and oxygen atoms in total. The highest BCUT2D eigenvalue weighted by molar-refractivity contribution is 9.10. The van der Waals surface area contributed by atoms with Crippen molar-refractivity contribution in [1.29, 1.82) is 0 Å². The number of halogens is 1. The molecule has 0 atom stereocenters. The van der Waals surface area contributed by atoms with Gasteiger partial charge in [0.05, 0.1) is 5.69 Å². The second-order valence-corrected chi connectivity index (χ2v) is 5.19. The molecule has 92 valence electrons. The number of pyridine rings is 1.